The van der Waals surface area contributed by atoms with Crippen molar-refractivity contribution in [1.82, 2.24) is 0 Å². The first-order chi connectivity index (χ1) is 8.85. The van der Waals surface area contributed by atoms with Crippen LogP contribution in [-0.2, 0) is 14.3 Å². The highest BCUT2D eigenvalue weighted by molar-refractivity contribution is 7.96. The van der Waals surface area contributed by atoms with E-state index in [2.05, 4.69) is 9.30 Å². The van der Waals surface area contributed by atoms with Gasteiger partial charge in [0.25, 0.3) is 10.1 Å². The predicted molar refractivity (Wildman–Crippen MR) is 68.2 cm³/mol. The quantitative estimate of drug-likeness (QED) is 0.676. The number of fused-ring (bicyclic) bond motifs is 1. The number of rotatable bonds is 3. The summed E-state index contributed by atoms with van der Waals surface area (Å²) < 4.78 is 28.3. The molecule has 1 atom stereocenters. The van der Waals surface area contributed by atoms with E-state index in [4.69, 9.17) is 5.53 Å². The Morgan fingerprint density at radius 3 is 2.37 bits per heavy atom. The van der Waals surface area contributed by atoms with E-state index in [-0.39, 0.29) is 16.0 Å². The average Bonchev–Trinajstić information content (AvgIpc) is 2.43. The zero-order chi connectivity index (χ0) is 14.3. The lowest BCUT2D eigenvalue weighted by Gasteiger charge is -2.26. The number of Topliss-reactive ketones (excluding diaryl/α,β-unsaturated/α-hetero) is 1. The van der Waals surface area contributed by atoms with Crippen LogP contribution < -0.4 is 0 Å². The van der Waals surface area contributed by atoms with Crippen molar-refractivity contribution in [3.05, 3.63) is 41.5 Å². The molecule has 0 saturated heterocycles. The van der Waals surface area contributed by atoms with Crippen LogP contribution in [0.2, 0.25) is 0 Å². The molecule has 7 heteroatoms. The van der Waals surface area contributed by atoms with Gasteiger partial charge in [0.2, 0.25) is 0 Å². The Labute approximate surface area is 110 Å². The molecule has 0 aromatic heterocycles. The molecule has 2 rings (SSSR count). The van der Waals surface area contributed by atoms with Gasteiger partial charge in [-0.2, -0.15) is 13.5 Å². The van der Waals surface area contributed by atoms with E-state index in [0.717, 1.165) is 13.2 Å². The van der Waals surface area contributed by atoms with Gasteiger partial charge in [0.1, 0.15) is 4.91 Å². The van der Waals surface area contributed by atoms with Gasteiger partial charge in [-0.3, -0.25) is 8.98 Å². The van der Waals surface area contributed by atoms with E-state index in [1.165, 1.54) is 19.1 Å². The van der Waals surface area contributed by atoms with E-state index in [1.807, 2.05) is 0 Å². The zero-order valence-electron chi connectivity index (χ0n) is 10.4. The fourth-order valence-electron chi connectivity index (χ4n) is 1.95. The summed E-state index contributed by atoms with van der Waals surface area (Å²) in [5.74, 6) is -0.409. The maximum Gasteiger partial charge on any atom is 0.297 e. The number of carbonyl (C=O) groups excluding carboxylic acids is 1. The lowest BCUT2D eigenvalue weighted by Crippen LogP contribution is -2.35. The monoisotopic (exact) mass is 280 g/mol. The molecule has 19 heavy (non-hydrogen) atoms. The van der Waals surface area contributed by atoms with E-state index in [0.29, 0.717) is 0 Å². The van der Waals surface area contributed by atoms with E-state index in [9.17, 15) is 13.2 Å². The second-order valence-corrected chi connectivity index (χ2v) is 5.94. The number of nitrogens with zero attached hydrogens (tertiary/aromatic N) is 1. The van der Waals surface area contributed by atoms with Crippen LogP contribution >= 0.6 is 0 Å². The molecule has 1 aliphatic carbocycles. The summed E-state index contributed by atoms with van der Waals surface area (Å²) in [6, 6.07) is 6.30. The molecular formula is C12H12N2O4S. The van der Waals surface area contributed by atoms with Crippen LogP contribution in [0, 0.1) is 5.53 Å². The van der Waals surface area contributed by atoms with Crippen molar-refractivity contribution in [2.75, 3.05) is 7.11 Å². The molecule has 6 nitrogen and oxygen atoms in total. The summed E-state index contributed by atoms with van der Waals surface area (Å²) >= 11 is 0. The molecule has 0 bridgehead atoms. The second-order valence-electron chi connectivity index (χ2n) is 4.26. The Balaban J connectivity index is 2.81. The number of carbonyl (C=O) groups is 1. The summed E-state index contributed by atoms with van der Waals surface area (Å²) in [7, 11) is -2.93. The molecular weight excluding hydrogens is 268 g/mol. The summed E-state index contributed by atoms with van der Waals surface area (Å²) in [5, 5.41) is 3.26. The molecule has 1 aromatic carbocycles. The van der Waals surface area contributed by atoms with E-state index in [1.54, 1.807) is 12.1 Å². The van der Waals surface area contributed by atoms with Crippen LogP contribution in [0.15, 0.2) is 35.5 Å². The fraction of sp³-hybridized carbons (Fsp3) is 0.250. The topological polar surface area (TPSA) is 96.7 Å². The highest BCUT2D eigenvalue weighted by atomic mass is 32.2. The van der Waals surface area contributed by atoms with Crippen molar-refractivity contribution >= 4 is 20.8 Å². The minimum Gasteiger partial charge on any atom is -0.291 e. The normalized spacial score (nSPS) is 22.6. The van der Waals surface area contributed by atoms with Gasteiger partial charge >= 0.3 is 0 Å². The van der Waals surface area contributed by atoms with Crippen molar-refractivity contribution in [2.45, 2.75) is 12.5 Å². The van der Waals surface area contributed by atoms with Gasteiger partial charge in [-0.1, -0.05) is 24.3 Å². The van der Waals surface area contributed by atoms with Crippen molar-refractivity contribution in [1.29, 1.82) is 5.53 Å². The van der Waals surface area contributed by atoms with Gasteiger partial charge in [0, 0.05) is 11.1 Å². The highest BCUT2D eigenvalue weighted by Gasteiger charge is 2.41. The van der Waals surface area contributed by atoms with Gasteiger partial charge in [0.05, 0.1) is 7.11 Å². The third-order valence-corrected chi connectivity index (χ3v) is 4.35. The first kappa shape index (κ1) is 13.6. The van der Waals surface area contributed by atoms with Gasteiger partial charge in [-0.25, -0.2) is 5.53 Å². The first-order valence-electron chi connectivity index (χ1n) is 5.42. The molecule has 1 N–H and O–H groups in total. The molecule has 0 aliphatic heterocycles. The lowest BCUT2D eigenvalue weighted by atomic mass is 9.84. The van der Waals surface area contributed by atoms with Crippen LogP contribution in [0.1, 0.15) is 22.8 Å². The first-order valence-corrected chi connectivity index (χ1v) is 6.83. The maximum absolute atomic E-state index is 12.2. The lowest BCUT2D eigenvalue weighted by molar-refractivity contribution is 0.0925. The van der Waals surface area contributed by atoms with Gasteiger partial charge in [-0.15, -0.1) is 0 Å². The largest absolute Gasteiger partial charge is 0.297 e. The zero-order valence-corrected chi connectivity index (χ0v) is 11.2. The predicted octanol–water partition coefficient (Wildman–Crippen LogP) is 1.99. The van der Waals surface area contributed by atoms with Crippen LogP contribution in [0.3, 0.4) is 0 Å². The molecule has 1 aliphatic rings. The third kappa shape index (κ3) is 2.00. The molecule has 1 unspecified atom stereocenters. The van der Waals surface area contributed by atoms with E-state index >= 15 is 0 Å². The Hall–Kier alpha value is -1.86. The van der Waals surface area contributed by atoms with Crippen LogP contribution in [0.4, 0.5) is 0 Å². The Morgan fingerprint density at radius 2 is 1.84 bits per heavy atom. The molecule has 100 valence electrons. The summed E-state index contributed by atoms with van der Waals surface area (Å²) in [6.07, 6.45) is 1.16. The van der Waals surface area contributed by atoms with Crippen molar-refractivity contribution in [3.63, 3.8) is 0 Å². The van der Waals surface area contributed by atoms with Crippen molar-refractivity contribution in [3.8, 4) is 0 Å². The molecule has 1 aromatic rings. The third-order valence-electron chi connectivity index (χ3n) is 3.03. The van der Waals surface area contributed by atoms with E-state index < -0.39 is 21.4 Å². The van der Waals surface area contributed by atoms with Gasteiger partial charge < -0.3 is 0 Å². The standard InChI is InChI=1S/C12H12N2O4S/c1-12(14-13)7-10(19(16,17)18-2)8-5-3-4-6-9(8)11(12)15/h3-7,13H,1-2H3. The van der Waals surface area contributed by atoms with Gasteiger partial charge in [-0.05, 0) is 13.0 Å². The van der Waals surface area contributed by atoms with Crippen LogP contribution in [0.5, 0.6) is 0 Å². The molecule has 0 amide bonds. The molecule has 0 fully saturated rings. The molecule has 0 heterocycles. The summed E-state index contributed by atoms with van der Waals surface area (Å²) in [6.45, 7) is 1.39. The van der Waals surface area contributed by atoms with Crippen molar-refractivity contribution in [2.24, 2.45) is 5.11 Å². The summed E-state index contributed by atoms with van der Waals surface area (Å²) in [5.41, 5.74) is 6.12. The number of benzene rings is 1. The number of hydrogen-bond donors (Lipinski definition) is 1. The Kier molecular flexibility index (Phi) is 3.11. The molecule has 0 saturated carbocycles. The Morgan fingerprint density at radius 1 is 1.26 bits per heavy atom. The number of hydrogen-bond acceptors (Lipinski definition) is 6. The van der Waals surface area contributed by atoms with Crippen LogP contribution in [0.25, 0.3) is 4.91 Å². The second kappa shape index (κ2) is 4.36. The smallest absolute Gasteiger partial charge is 0.291 e. The number of ketones is 1. The van der Waals surface area contributed by atoms with Gasteiger partial charge in [0.15, 0.2) is 11.3 Å². The fourth-order valence-corrected chi connectivity index (χ4v) is 2.95. The number of nitrogens with one attached hydrogen (secondary N) is 1. The van der Waals surface area contributed by atoms with Crippen molar-refractivity contribution < 1.29 is 17.4 Å². The average molecular weight is 280 g/mol. The Bertz CT molecular complexity index is 693. The minimum absolute atomic E-state index is 0.135. The van der Waals surface area contributed by atoms with Crippen LogP contribution in [-0.4, -0.2) is 26.8 Å². The maximum atomic E-state index is 12.2. The SMILES string of the molecule is COS(=O)(=O)C1=CC(C)(N=N)C(=O)c2ccccc21. The minimum atomic E-state index is -3.97. The highest BCUT2D eigenvalue weighted by Crippen LogP contribution is 2.36. The molecule has 0 spiro atoms. The summed E-state index contributed by atoms with van der Waals surface area (Å²) in [4.78, 5) is 12.1. The molecule has 0 radical (unpaired) electrons.